The van der Waals surface area contributed by atoms with Crippen molar-refractivity contribution >= 4 is 33.8 Å². The third kappa shape index (κ3) is 5.50. The van der Waals surface area contributed by atoms with Crippen molar-refractivity contribution in [1.29, 1.82) is 0 Å². The predicted octanol–water partition coefficient (Wildman–Crippen LogP) is 3.99. The lowest BCUT2D eigenvalue weighted by Gasteiger charge is -2.10. The quantitative estimate of drug-likeness (QED) is 0.492. The highest BCUT2D eigenvalue weighted by Gasteiger charge is 2.30. The predicted molar refractivity (Wildman–Crippen MR) is 125 cm³/mol. The van der Waals surface area contributed by atoms with E-state index in [1.165, 1.54) is 12.1 Å². The highest BCUT2D eigenvalue weighted by molar-refractivity contribution is 7.89. The number of ether oxygens (including phenoxy) is 1. The molecule has 172 valence electrons. The van der Waals surface area contributed by atoms with E-state index < -0.39 is 10.0 Å². The molecular weight excluding hydrogens is 442 g/mol. The van der Waals surface area contributed by atoms with Crippen LogP contribution in [0.3, 0.4) is 0 Å². The number of methoxy groups -OCH3 is 1. The molecule has 8 nitrogen and oxygen atoms in total. The van der Waals surface area contributed by atoms with Crippen LogP contribution in [0.5, 0.6) is 5.75 Å². The average molecular weight is 468 g/mol. The van der Waals surface area contributed by atoms with E-state index in [1.54, 1.807) is 44.4 Å². The lowest BCUT2D eigenvalue weighted by molar-refractivity contribution is -0.117. The van der Waals surface area contributed by atoms with Crippen molar-refractivity contribution in [2.24, 2.45) is 5.92 Å². The van der Waals surface area contributed by atoms with E-state index in [0.29, 0.717) is 22.9 Å². The number of carbonyl (C=O) groups is 1. The SMILES string of the molecule is COc1ccccc1CNS(=O)(=O)c1ccc(C=Cc2onc(C)c2NC(=O)C2CC2)cc1. The van der Waals surface area contributed by atoms with Gasteiger partial charge in [-0.3, -0.25) is 4.79 Å². The Labute approximate surface area is 192 Å². The third-order valence-corrected chi connectivity index (χ3v) is 6.77. The highest BCUT2D eigenvalue weighted by atomic mass is 32.2. The maximum Gasteiger partial charge on any atom is 0.240 e. The van der Waals surface area contributed by atoms with Crippen molar-refractivity contribution in [3.8, 4) is 5.75 Å². The van der Waals surface area contributed by atoms with Crippen LogP contribution in [0.4, 0.5) is 5.69 Å². The number of benzene rings is 2. The monoisotopic (exact) mass is 467 g/mol. The van der Waals surface area contributed by atoms with Gasteiger partial charge in [0.25, 0.3) is 0 Å². The van der Waals surface area contributed by atoms with Crippen molar-refractivity contribution < 1.29 is 22.5 Å². The number of aryl methyl sites for hydroxylation is 1. The van der Waals surface area contributed by atoms with Gasteiger partial charge in [0, 0.05) is 18.0 Å². The highest BCUT2D eigenvalue weighted by Crippen LogP contribution is 2.32. The van der Waals surface area contributed by atoms with E-state index in [1.807, 2.05) is 18.2 Å². The average Bonchev–Trinajstić information content (AvgIpc) is 3.62. The van der Waals surface area contributed by atoms with E-state index in [0.717, 1.165) is 24.0 Å². The number of rotatable bonds is 9. The number of amides is 1. The molecule has 9 heteroatoms. The number of aromatic nitrogens is 1. The molecule has 3 aromatic rings. The van der Waals surface area contributed by atoms with Gasteiger partial charge in [0.2, 0.25) is 15.9 Å². The van der Waals surface area contributed by atoms with Gasteiger partial charge in [-0.05, 0) is 49.6 Å². The molecule has 1 aliphatic carbocycles. The molecule has 0 atom stereocenters. The minimum Gasteiger partial charge on any atom is -0.496 e. The molecule has 1 aliphatic rings. The second-order valence-electron chi connectivity index (χ2n) is 7.81. The fraction of sp³-hybridized carbons (Fsp3) is 0.250. The van der Waals surface area contributed by atoms with E-state index in [9.17, 15) is 13.2 Å². The van der Waals surface area contributed by atoms with Gasteiger partial charge in [0.1, 0.15) is 17.1 Å². The van der Waals surface area contributed by atoms with Crippen molar-refractivity contribution in [2.75, 3.05) is 12.4 Å². The molecule has 0 aliphatic heterocycles. The Morgan fingerprint density at radius 2 is 1.88 bits per heavy atom. The van der Waals surface area contributed by atoms with E-state index in [4.69, 9.17) is 9.26 Å². The summed E-state index contributed by atoms with van der Waals surface area (Å²) in [6.45, 7) is 1.88. The van der Waals surface area contributed by atoms with Crippen LogP contribution >= 0.6 is 0 Å². The number of nitrogens with one attached hydrogen (secondary N) is 2. The van der Waals surface area contributed by atoms with Gasteiger partial charge in [-0.1, -0.05) is 41.6 Å². The molecule has 1 amide bonds. The molecular formula is C24H25N3O5S. The molecule has 0 unspecified atom stereocenters. The summed E-state index contributed by atoms with van der Waals surface area (Å²) in [5.41, 5.74) is 2.68. The number of hydrogen-bond donors (Lipinski definition) is 2. The number of anilines is 1. The fourth-order valence-corrected chi connectivity index (χ4v) is 4.27. The molecule has 1 saturated carbocycles. The van der Waals surface area contributed by atoms with Crippen LogP contribution in [0.1, 0.15) is 35.4 Å². The first-order valence-corrected chi connectivity index (χ1v) is 12.0. The van der Waals surface area contributed by atoms with Gasteiger partial charge in [0.15, 0.2) is 5.76 Å². The summed E-state index contributed by atoms with van der Waals surface area (Å²) in [6, 6.07) is 13.7. The summed E-state index contributed by atoms with van der Waals surface area (Å²) in [7, 11) is -2.15. The molecule has 0 radical (unpaired) electrons. The van der Waals surface area contributed by atoms with E-state index >= 15 is 0 Å². The Bertz CT molecular complexity index is 1280. The minimum atomic E-state index is -3.69. The Balaban J connectivity index is 1.43. The zero-order valence-corrected chi connectivity index (χ0v) is 19.2. The topological polar surface area (TPSA) is 111 Å². The van der Waals surface area contributed by atoms with Gasteiger partial charge in [-0.25, -0.2) is 13.1 Å². The molecule has 1 aromatic heterocycles. The Kier molecular flexibility index (Phi) is 6.62. The summed E-state index contributed by atoms with van der Waals surface area (Å²) in [5.74, 6) is 1.11. The second kappa shape index (κ2) is 9.60. The molecule has 2 N–H and O–H groups in total. The molecule has 4 rings (SSSR count). The Morgan fingerprint density at radius 3 is 2.58 bits per heavy atom. The van der Waals surface area contributed by atoms with Crippen LogP contribution in [0.25, 0.3) is 12.2 Å². The number of nitrogens with zero attached hydrogens (tertiary/aromatic N) is 1. The van der Waals surface area contributed by atoms with Gasteiger partial charge >= 0.3 is 0 Å². The maximum absolute atomic E-state index is 12.7. The molecule has 2 aromatic carbocycles. The summed E-state index contributed by atoms with van der Waals surface area (Å²) in [4.78, 5) is 12.2. The number of hydrogen-bond acceptors (Lipinski definition) is 6. The summed E-state index contributed by atoms with van der Waals surface area (Å²) < 4.78 is 38.5. The smallest absolute Gasteiger partial charge is 0.240 e. The minimum absolute atomic E-state index is 0.0221. The second-order valence-corrected chi connectivity index (χ2v) is 9.58. The number of sulfonamides is 1. The zero-order valence-electron chi connectivity index (χ0n) is 18.4. The molecule has 0 spiro atoms. The van der Waals surface area contributed by atoms with Crippen LogP contribution in [0.15, 0.2) is 57.9 Å². The van der Waals surface area contributed by atoms with Gasteiger partial charge < -0.3 is 14.6 Å². The summed E-state index contributed by atoms with van der Waals surface area (Å²) in [5, 5.41) is 6.81. The normalized spacial score (nSPS) is 13.9. The van der Waals surface area contributed by atoms with Crippen LogP contribution in [-0.2, 0) is 21.4 Å². The zero-order chi connectivity index (χ0) is 23.4. The fourth-order valence-electron chi connectivity index (χ4n) is 3.26. The van der Waals surface area contributed by atoms with Gasteiger partial charge in [0.05, 0.1) is 12.0 Å². The molecule has 0 saturated heterocycles. The van der Waals surface area contributed by atoms with Crippen LogP contribution < -0.4 is 14.8 Å². The van der Waals surface area contributed by atoms with Crippen LogP contribution in [-0.4, -0.2) is 26.6 Å². The largest absolute Gasteiger partial charge is 0.496 e. The van der Waals surface area contributed by atoms with Crippen LogP contribution in [0.2, 0.25) is 0 Å². The number of para-hydroxylation sites is 1. The van der Waals surface area contributed by atoms with Crippen molar-refractivity contribution in [3.63, 3.8) is 0 Å². The first-order chi connectivity index (χ1) is 15.9. The van der Waals surface area contributed by atoms with Crippen LogP contribution in [0, 0.1) is 12.8 Å². The maximum atomic E-state index is 12.7. The van der Waals surface area contributed by atoms with Gasteiger partial charge in [-0.2, -0.15) is 0 Å². The van der Waals surface area contributed by atoms with E-state index in [2.05, 4.69) is 15.2 Å². The van der Waals surface area contributed by atoms with Crippen molar-refractivity contribution in [1.82, 2.24) is 9.88 Å². The molecule has 0 bridgehead atoms. The van der Waals surface area contributed by atoms with Crippen molar-refractivity contribution in [2.45, 2.75) is 31.2 Å². The first kappa shape index (κ1) is 22.8. The lowest BCUT2D eigenvalue weighted by atomic mass is 10.2. The molecule has 1 fully saturated rings. The lowest BCUT2D eigenvalue weighted by Crippen LogP contribution is -2.23. The molecule has 33 heavy (non-hydrogen) atoms. The third-order valence-electron chi connectivity index (χ3n) is 5.35. The standard InChI is InChI=1S/C24H25N3O5S/c1-16-23(26-24(28)18-10-11-18)22(32-27-16)14-9-17-7-12-20(13-8-17)33(29,30)25-15-19-5-3-4-6-21(19)31-2/h3-9,12-14,18,25H,10-11,15H2,1-2H3,(H,26,28). The molecule has 1 heterocycles. The van der Waals surface area contributed by atoms with Crippen molar-refractivity contribution in [3.05, 3.63) is 71.1 Å². The van der Waals surface area contributed by atoms with Gasteiger partial charge in [-0.15, -0.1) is 0 Å². The Hall–Kier alpha value is -3.43. The van der Waals surface area contributed by atoms with E-state index in [-0.39, 0.29) is 23.3 Å². The first-order valence-electron chi connectivity index (χ1n) is 10.5. The number of carbonyl (C=O) groups excluding carboxylic acids is 1. The Morgan fingerprint density at radius 1 is 1.15 bits per heavy atom. The summed E-state index contributed by atoms with van der Waals surface area (Å²) >= 11 is 0. The summed E-state index contributed by atoms with van der Waals surface area (Å²) in [6.07, 6.45) is 5.28.